The van der Waals surface area contributed by atoms with E-state index >= 15 is 0 Å². The third kappa shape index (κ3) is 5.65. The van der Waals surface area contributed by atoms with Crippen LogP contribution in [0.2, 0.25) is 0 Å². The highest BCUT2D eigenvalue weighted by Crippen LogP contribution is 2.33. The van der Waals surface area contributed by atoms with Crippen molar-refractivity contribution in [1.82, 2.24) is 9.88 Å². The zero-order valence-electron chi connectivity index (χ0n) is 18.8. The summed E-state index contributed by atoms with van der Waals surface area (Å²) in [6.45, 7) is 13.9. The number of carbonyl (C=O) groups is 1. The first kappa shape index (κ1) is 24.0. The van der Waals surface area contributed by atoms with Crippen LogP contribution in [0, 0.1) is 12.3 Å². The Morgan fingerprint density at radius 1 is 1.07 bits per heavy atom. The molecule has 0 aliphatic carbocycles. The molecule has 0 saturated carbocycles. The molecule has 0 fully saturated rings. The molecule has 0 aliphatic rings. The normalized spacial score (nSPS) is 12.9. The second kappa shape index (κ2) is 8.46. The van der Waals surface area contributed by atoms with E-state index in [1.54, 1.807) is 0 Å². The maximum Gasteiger partial charge on any atom is 0.416 e. The average Bonchev–Trinajstić information content (AvgIpc) is 2.90. The molecule has 0 atom stereocenters. The number of alkyl halides is 3. The molecule has 0 saturated heterocycles. The van der Waals surface area contributed by atoms with Gasteiger partial charge in [-0.25, -0.2) is 0 Å². The monoisotopic (exact) mass is 423 g/mol. The molecule has 166 valence electrons. The third-order valence-electron chi connectivity index (χ3n) is 5.07. The maximum atomic E-state index is 13.0. The Balaban J connectivity index is 2.41. The summed E-state index contributed by atoms with van der Waals surface area (Å²) in [5.74, 6) is -0.414. The molecule has 2 aromatic rings. The van der Waals surface area contributed by atoms with Gasteiger partial charge in [0, 0.05) is 35.6 Å². The number of benzene rings is 1. The highest BCUT2D eigenvalue weighted by molar-refractivity contribution is 6.05. The summed E-state index contributed by atoms with van der Waals surface area (Å²) in [4.78, 5) is 13.0. The molecule has 4 nitrogen and oxygen atoms in total. The number of hydrogen-bond donors (Lipinski definition) is 2. The van der Waals surface area contributed by atoms with E-state index in [9.17, 15) is 18.0 Å². The van der Waals surface area contributed by atoms with Gasteiger partial charge in [-0.3, -0.25) is 4.79 Å². The van der Waals surface area contributed by atoms with Gasteiger partial charge in [0.05, 0.1) is 11.1 Å². The number of rotatable bonds is 6. The van der Waals surface area contributed by atoms with Crippen molar-refractivity contribution in [3.05, 3.63) is 52.8 Å². The van der Waals surface area contributed by atoms with Gasteiger partial charge in [0.2, 0.25) is 0 Å². The van der Waals surface area contributed by atoms with Crippen LogP contribution >= 0.6 is 0 Å². The Bertz CT molecular complexity index is 905. The number of nitrogens with one attached hydrogen (secondary N) is 2. The molecule has 2 N–H and O–H groups in total. The lowest BCUT2D eigenvalue weighted by Gasteiger charge is -2.30. The van der Waals surface area contributed by atoms with E-state index < -0.39 is 17.6 Å². The van der Waals surface area contributed by atoms with Crippen molar-refractivity contribution in [3.63, 3.8) is 0 Å². The number of anilines is 1. The van der Waals surface area contributed by atoms with E-state index in [0.717, 1.165) is 30.1 Å². The molecule has 30 heavy (non-hydrogen) atoms. The van der Waals surface area contributed by atoms with E-state index in [4.69, 9.17) is 0 Å². The van der Waals surface area contributed by atoms with Crippen LogP contribution in [-0.2, 0) is 18.1 Å². The zero-order valence-corrected chi connectivity index (χ0v) is 18.8. The topological polar surface area (TPSA) is 46.1 Å². The quantitative estimate of drug-likeness (QED) is 0.634. The molecule has 0 aliphatic heterocycles. The summed E-state index contributed by atoms with van der Waals surface area (Å²) >= 11 is 0. The van der Waals surface area contributed by atoms with Gasteiger partial charge in [-0.05, 0) is 43.7 Å². The van der Waals surface area contributed by atoms with E-state index in [2.05, 4.69) is 49.8 Å². The molecular weight excluding hydrogens is 391 g/mol. The standard InChI is InChI=1S/C23H32F3N3O/c1-15-18(20(30)28-17-10-8-9-16(11-17)23(24,25)26)12-19(21(2,3)4)29(15)14-22(5,6)13-27-7/h8-12,27H,13-14H2,1-7H3,(H,28,30). The van der Waals surface area contributed by atoms with Gasteiger partial charge < -0.3 is 15.2 Å². The number of hydrogen-bond acceptors (Lipinski definition) is 2. The van der Waals surface area contributed by atoms with Gasteiger partial charge in [-0.1, -0.05) is 40.7 Å². The van der Waals surface area contributed by atoms with Gasteiger partial charge in [-0.2, -0.15) is 13.2 Å². The second-order valence-corrected chi connectivity index (χ2v) is 9.59. The first-order chi connectivity index (χ1) is 13.7. The van der Waals surface area contributed by atoms with E-state index in [-0.39, 0.29) is 16.5 Å². The van der Waals surface area contributed by atoms with Crippen LogP contribution in [0.3, 0.4) is 0 Å². The number of carbonyl (C=O) groups excluding carboxylic acids is 1. The third-order valence-corrected chi connectivity index (χ3v) is 5.07. The minimum Gasteiger partial charge on any atom is -0.347 e. The van der Waals surface area contributed by atoms with Crippen molar-refractivity contribution in [1.29, 1.82) is 0 Å². The largest absolute Gasteiger partial charge is 0.416 e. The van der Waals surface area contributed by atoms with Crippen LogP contribution in [0.15, 0.2) is 30.3 Å². The Morgan fingerprint density at radius 2 is 1.70 bits per heavy atom. The minimum atomic E-state index is -4.46. The lowest BCUT2D eigenvalue weighted by molar-refractivity contribution is -0.137. The average molecular weight is 424 g/mol. The number of amides is 1. The van der Waals surface area contributed by atoms with Crippen molar-refractivity contribution in [2.45, 2.75) is 59.7 Å². The van der Waals surface area contributed by atoms with Crippen molar-refractivity contribution in [2.75, 3.05) is 18.9 Å². The van der Waals surface area contributed by atoms with Crippen molar-refractivity contribution in [2.24, 2.45) is 5.41 Å². The molecule has 0 bridgehead atoms. The molecule has 1 heterocycles. The van der Waals surface area contributed by atoms with E-state index in [0.29, 0.717) is 12.1 Å². The summed E-state index contributed by atoms with van der Waals surface area (Å²) in [6.07, 6.45) is -4.46. The maximum absolute atomic E-state index is 13.0. The molecule has 0 unspecified atom stereocenters. The Morgan fingerprint density at radius 3 is 2.23 bits per heavy atom. The van der Waals surface area contributed by atoms with Gasteiger partial charge in [-0.15, -0.1) is 0 Å². The fourth-order valence-electron chi connectivity index (χ4n) is 3.63. The molecule has 0 spiro atoms. The Hall–Kier alpha value is -2.28. The fraction of sp³-hybridized carbons (Fsp3) is 0.522. The number of halogens is 3. The second-order valence-electron chi connectivity index (χ2n) is 9.59. The Kier molecular flexibility index (Phi) is 6.76. The predicted molar refractivity (Wildman–Crippen MR) is 115 cm³/mol. The van der Waals surface area contributed by atoms with Crippen molar-refractivity contribution >= 4 is 11.6 Å². The smallest absolute Gasteiger partial charge is 0.347 e. The van der Waals surface area contributed by atoms with Crippen molar-refractivity contribution < 1.29 is 18.0 Å². The number of aromatic nitrogens is 1. The van der Waals surface area contributed by atoms with Crippen LogP contribution < -0.4 is 10.6 Å². The van der Waals surface area contributed by atoms with Crippen LogP contribution in [0.1, 0.15) is 61.9 Å². The van der Waals surface area contributed by atoms with Crippen LogP contribution in [0.4, 0.5) is 18.9 Å². The lowest BCUT2D eigenvalue weighted by atomic mass is 9.89. The molecule has 7 heteroatoms. The molecule has 0 radical (unpaired) electrons. The lowest BCUT2D eigenvalue weighted by Crippen LogP contribution is -2.33. The first-order valence-corrected chi connectivity index (χ1v) is 9.99. The van der Waals surface area contributed by atoms with Crippen LogP contribution in [-0.4, -0.2) is 24.1 Å². The summed E-state index contributed by atoms with van der Waals surface area (Å²) in [5.41, 5.74) is 1.36. The summed E-state index contributed by atoms with van der Waals surface area (Å²) in [6, 6.07) is 6.54. The fourth-order valence-corrected chi connectivity index (χ4v) is 3.63. The minimum absolute atomic E-state index is 0.0483. The molecular formula is C23H32F3N3O. The molecule has 1 aromatic carbocycles. The van der Waals surface area contributed by atoms with E-state index in [1.165, 1.54) is 12.1 Å². The number of nitrogens with zero attached hydrogens (tertiary/aromatic N) is 1. The summed E-state index contributed by atoms with van der Waals surface area (Å²) < 4.78 is 41.1. The zero-order chi connectivity index (χ0) is 22.9. The Labute approximate surface area is 176 Å². The molecule has 1 aromatic heterocycles. The van der Waals surface area contributed by atoms with E-state index in [1.807, 2.05) is 20.0 Å². The molecule has 2 rings (SSSR count). The highest BCUT2D eigenvalue weighted by atomic mass is 19.4. The highest BCUT2D eigenvalue weighted by Gasteiger charge is 2.31. The summed E-state index contributed by atoms with van der Waals surface area (Å²) in [7, 11) is 1.91. The molecule has 1 amide bonds. The van der Waals surface area contributed by atoms with Crippen molar-refractivity contribution in [3.8, 4) is 0 Å². The predicted octanol–water partition coefficient (Wildman–Crippen LogP) is 5.61. The SMILES string of the molecule is CNCC(C)(C)Cn1c(C(C)(C)C)cc(C(=O)Nc2cccc(C(F)(F)F)c2)c1C. The van der Waals surface area contributed by atoms with Gasteiger partial charge in [0.1, 0.15) is 0 Å². The first-order valence-electron chi connectivity index (χ1n) is 9.99. The van der Waals surface area contributed by atoms with Gasteiger partial charge in [0.25, 0.3) is 5.91 Å². The van der Waals surface area contributed by atoms with Crippen LogP contribution in [0.25, 0.3) is 0 Å². The van der Waals surface area contributed by atoms with Gasteiger partial charge >= 0.3 is 6.18 Å². The summed E-state index contributed by atoms with van der Waals surface area (Å²) in [5, 5.41) is 5.83. The van der Waals surface area contributed by atoms with Gasteiger partial charge in [0.15, 0.2) is 0 Å². The van der Waals surface area contributed by atoms with Crippen LogP contribution in [0.5, 0.6) is 0 Å².